The van der Waals surface area contributed by atoms with Crippen LogP contribution in [-0.2, 0) is 10.0 Å². The fraction of sp³-hybridized carbons (Fsp3) is 0.294. The highest BCUT2D eigenvalue weighted by Crippen LogP contribution is 2.20. The fourth-order valence-corrected chi connectivity index (χ4v) is 4.63. The molecule has 1 heterocycles. The first-order valence-corrected chi connectivity index (χ1v) is 10.4. The summed E-state index contributed by atoms with van der Waals surface area (Å²) in [6.07, 6.45) is 5.32. The first-order chi connectivity index (χ1) is 12.0. The van der Waals surface area contributed by atoms with Gasteiger partial charge in [-0.3, -0.25) is 9.52 Å². The molecule has 2 N–H and O–H groups in total. The molecule has 1 aromatic carbocycles. The van der Waals surface area contributed by atoms with E-state index in [9.17, 15) is 13.2 Å². The van der Waals surface area contributed by atoms with E-state index in [2.05, 4.69) is 15.2 Å². The lowest BCUT2D eigenvalue weighted by Crippen LogP contribution is -2.20. The molecule has 8 heteroatoms. The van der Waals surface area contributed by atoms with Crippen molar-refractivity contribution in [3.8, 4) is 0 Å². The van der Waals surface area contributed by atoms with Crippen LogP contribution >= 0.6 is 11.3 Å². The van der Waals surface area contributed by atoms with Gasteiger partial charge in [0.2, 0.25) is 0 Å². The molecule has 0 radical (unpaired) electrons. The first kappa shape index (κ1) is 17.6. The van der Waals surface area contributed by atoms with E-state index in [0.717, 1.165) is 42.7 Å². The van der Waals surface area contributed by atoms with Crippen LogP contribution in [0.15, 0.2) is 51.1 Å². The molecule has 2 aromatic rings. The zero-order valence-corrected chi connectivity index (χ0v) is 15.2. The molecule has 1 aliphatic rings. The van der Waals surface area contributed by atoms with Gasteiger partial charge >= 0.3 is 0 Å². The summed E-state index contributed by atoms with van der Waals surface area (Å²) < 4.78 is 27.1. The number of rotatable bonds is 5. The van der Waals surface area contributed by atoms with E-state index in [1.165, 1.54) is 6.42 Å². The lowest BCUT2D eigenvalue weighted by molar-refractivity contribution is 0.0954. The molecule has 3 rings (SSSR count). The maximum Gasteiger partial charge on any atom is 0.271 e. The van der Waals surface area contributed by atoms with Crippen LogP contribution in [0, 0.1) is 0 Å². The molecular formula is C17H19N3O3S2. The molecule has 132 valence electrons. The number of nitrogens with one attached hydrogen (secondary N) is 2. The number of anilines is 1. The standard InChI is InChI=1S/C17H19N3O3S2/c21-17(19-18-14-5-2-1-3-6-14)13-8-10-15(11-9-13)20-25(22,23)16-7-4-12-24-16/h4,7-12,20H,1-3,5-6H2,(H,19,21). The quantitative estimate of drug-likeness (QED) is 0.781. The van der Waals surface area contributed by atoms with Crippen LogP contribution in [0.1, 0.15) is 42.5 Å². The highest BCUT2D eigenvalue weighted by Gasteiger charge is 2.15. The summed E-state index contributed by atoms with van der Waals surface area (Å²) in [5.74, 6) is -0.300. The van der Waals surface area contributed by atoms with Crippen molar-refractivity contribution in [3.05, 3.63) is 47.3 Å². The number of carbonyl (C=O) groups excluding carboxylic acids is 1. The van der Waals surface area contributed by atoms with Crippen molar-refractivity contribution < 1.29 is 13.2 Å². The summed E-state index contributed by atoms with van der Waals surface area (Å²) in [6.45, 7) is 0. The van der Waals surface area contributed by atoms with Gasteiger partial charge in [0.1, 0.15) is 4.21 Å². The van der Waals surface area contributed by atoms with Gasteiger partial charge in [0.15, 0.2) is 0 Å². The van der Waals surface area contributed by atoms with E-state index in [0.29, 0.717) is 11.3 Å². The zero-order valence-electron chi connectivity index (χ0n) is 13.6. The second kappa shape index (κ2) is 7.79. The fourth-order valence-electron chi connectivity index (χ4n) is 2.58. The second-order valence-electron chi connectivity index (χ2n) is 5.79. The number of carbonyl (C=O) groups is 1. The number of nitrogens with zero attached hydrogens (tertiary/aromatic N) is 1. The van der Waals surface area contributed by atoms with E-state index in [1.807, 2.05) is 0 Å². The minimum Gasteiger partial charge on any atom is -0.279 e. The maximum absolute atomic E-state index is 12.2. The predicted molar refractivity (Wildman–Crippen MR) is 99.6 cm³/mol. The van der Waals surface area contributed by atoms with Gasteiger partial charge in [-0.25, -0.2) is 13.8 Å². The van der Waals surface area contributed by atoms with Gasteiger partial charge in [-0.1, -0.05) is 12.5 Å². The van der Waals surface area contributed by atoms with Crippen LogP contribution in [0.4, 0.5) is 5.69 Å². The zero-order chi connectivity index (χ0) is 17.7. The molecule has 0 bridgehead atoms. The number of hydrogen-bond donors (Lipinski definition) is 2. The lowest BCUT2D eigenvalue weighted by atomic mass is 9.99. The van der Waals surface area contributed by atoms with E-state index in [1.54, 1.807) is 41.8 Å². The maximum atomic E-state index is 12.2. The van der Waals surface area contributed by atoms with Crippen molar-refractivity contribution in [1.82, 2.24) is 5.43 Å². The third kappa shape index (κ3) is 4.67. The Balaban J connectivity index is 1.62. The minimum atomic E-state index is -3.58. The number of hydrazone groups is 1. The van der Waals surface area contributed by atoms with Gasteiger partial charge in [-0.05, 0) is 61.4 Å². The van der Waals surface area contributed by atoms with Crippen LogP contribution in [0.25, 0.3) is 0 Å². The van der Waals surface area contributed by atoms with Crippen molar-refractivity contribution in [2.24, 2.45) is 5.10 Å². The number of amides is 1. The van der Waals surface area contributed by atoms with Gasteiger partial charge in [0.05, 0.1) is 0 Å². The van der Waals surface area contributed by atoms with Crippen LogP contribution in [-0.4, -0.2) is 20.0 Å². The predicted octanol–water partition coefficient (Wildman–Crippen LogP) is 3.60. The molecule has 0 unspecified atom stereocenters. The van der Waals surface area contributed by atoms with Crippen molar-refractivity contribution >= 4 is 38.7 Å². The highest BCUT2D eigenvalue weighted by atomic mass is 32.2. The topological polar surface area (TPSA) is 87.6 Å². The number of benzene rings is 1. The molecule has 0 aliphatic heterocycles. The summed E-state index contributed by atoms with van der Waals surface area (Å²) in [7, 11) is -3.58. The van der Waals surface area contributed by atoms with Crippen molar-refractivity contribution in [3.63, 3.8) is 0 Å². The molecule has 1 amide bonds. The summed E-state index contributed by atoms with van der Waals surface area (Å²) in [4.78, 5) is 12.1. The Morgan fingerprint density at radius 3 is 2.40 bits per heavy atom. The molecular weight excluding hydrogens is 358 g/mol. The average Bonchev–Trinajstić information content (AvgIpc) is 3.17. The lowest BCUT2D eigenvalue weighted by Gasteiger charge is -2.12. The molecule has 0 spiro atoms. The molecule has 1 aromatic heterocycles. The van der Waals surface area contributed by atoms with Crippen molar-refractivity contribution in [2.45, 2.75) is 36.3 Å². The number of thiophene rings is 1. The van der Waals surface area contributed by atoms with Gasteiger partial charge in [-0.15, -0.1) is 11.3 Å². The smallest absolute Gasteiger partial charge is 0.271 e. The summed E-state index contributed by atoms with van der Waals surface area (Å²) >= 11 is 1.15. The molecule has 6 nitrogen and oxygen atoms in total. The normalized spacial score (nSPS) is 14.8. The first-order valence-electron chi connectivity index (χ1n) is 8.07. The number of sulfonamides is 1. The van der Waals surface area contributed by atoms with E-state index in [-0.39, 0.29) is 10.1 Å². The van der Waals surface area contributed by atoms with Gasteiger partial charge in [0, 0.05) is 17.0 Å². The molecule has 1 saturated carbocycles. The SMILES string of the molecule is O=C(NN=C1CCCCC1)c1ccc(NS(=O)(=O)c2cccs2)cc1. The Morgan fingerprint density at radius 1 is 1.04 bits per heavy atom. The summed E-state index contributed by atoms with van der Waals surface area (Å²) in [5, 5.41) is 5.89. The Labute approximate surface area is 151 Å². The Bertz CT molecular complexity index is 849. The molecule has 1 fully saturated rings. The molecule has 0 saturated heterocycles. The Morgan fingerprint density at radius 2 is 1.76 bits per heavy atom. The van der Waals surface area contributed by atoms with Crippen LogP contribution < -0.4 is 10.1 Å². The van der Waals surface area contributed by atoms with E-state index < -0.39 is 10.0 Å². The molecule has 1 aliphatic carbocycles. The van der Waals surface area contributed by atoms with Crippen molar-refractivity contribution in [1.29, 1.82) is 0 Å². The van der Waals surface area contributed by atoms with Crippen LogP contribution in [0.5, 0.6) is 0 Å². The average molecular weight is 377 g/mol. The Hall–Kier alpha value is -2.19. The van der Waals surface area contributed by atoms with Gasteiger partial charge in [0.25, 0.3) is 15.9 Å². The van der Waals surface area contributed by atoms with Crippen LogP contribution in [0.3, 0.4) is 0 Å². The summed E-state index contributed by atoms with van der Waals surface area (Å²) in [6, 6.07) is 9.49. The number of hydrogen-bond acceptors (Lipinski definition) is 5. The van der Waals surface area contributed by atoms with E-state index in [4.69, 9.17) is 0 Å². The largest absolute Gasteiger partial charge is 0.279 e. The van der Waals surface area contributed by atoms with Gasteiger partial charge < -0.3 is 0 Å². The molecule has 0 atom stereocenters. The molecule has 25 heavy (non-hydrogen) atoms. The Kier molecular flexibility index (Phi) is 5.50. The second-order valence-corrected chi connectivity index (χ2v) is 8.65. The van der Waals surface area contributed by atoms with E-state index >= 15 is 0 Å². The summed E-state index contributed by atoms with van der Waals surface area (Å²) in [5.41, 5.74) is 4.43. The van der Waals surface area contributed by atoms with Crippen molar-refractivity contribution in [2.75, 3.05) is 4.72 Å². The van der Waals surface area contributed by atoms with Gasteiger partial charge in [-0.2, -0.15) is 5.10 Å². The highest BCUT2D eigenvalue weighted by molar-refractivity contribution is 7.94. The van der Waals surface area contributed by atoms with Crippen LogP contribution in [0.2, 0.25) is 0 Å². The minimum absolute atomic E-state index is 0.248. The monoisotopic (exact) mass is 377 g/mol. The third-order valence-corrected chi connectivity index (χ3v) is 6.68. The third-order valence-electron chi connectivity index (χ3n) is 3.91.